The van der Waals surface area contributed by atoms with Crippen molar-refractivity contribution in [2.24, 2.45) is 0 Å². The molecule has 0 fully saturated rings. The van der Waals surface area contributed by atoms with Crippen LogP contribution in [0.25, 0.3) is 0 Å². The van der Waals surface area contributed by atoms with E-state index in [4.69, 9.17) is 33.2 Å². The monoisotopic (exact) mass is 1060 g/mol. The first kappa shape index (κ1) is 55.5. The third-order valence-corrected chi connectivity index (χ3v) is 14.3. The molecule has 0 amide bonds. The van der Waals surface area contributed by atoms with Crippen molar-refractivity contribution in [3.63, 3.8) is 0 Å². The number of carbonyl (C=O) groups excluding carboxylic acids is 2. The van der Waals surface area contributed by atoms with Crippen molar-refractivity contribution in [1.29, 1.82) is 0 Å². The summed E-state index contributed by atoms with van der Waals surface area (Å²) in [5, 5.41) is 0. The van der Waals surface area contributed by atoms with Crippen molar-refractivity contribution in [1.82, 2.24) is 0 Å². The van der Waals surface area contributed by atoms with E-state index < -0.39 is 24.1 Å². The van der Waals surface area contributed by atoms with Crippen molar-refractivity contribution in [3.8, 4) is 34.5 Å². The molecule has 406 valence electrons. The van der Waals surface area contributed by atoms with E-state index in [1.165, 1.54) is 39.0 Å². The Hall–Kier alpha value is -8.30. The Morgan fingerprint density at radius 1 is 0.456 bits per heavy atom. The van der Waals surface area contributed by atoms with E-state index in [9.17, 15) is 4.79 Å². The number of Topliss-reactive ketones (excluding diaryl/α,β-unsaturated/α-hetero) is 1. The Morgan fingerprint density at radius 3 is 1.41 bits per heavy atom. The summed E-state index contributed by atoms with van der Waals surface area (Å²) >= 11 is 0. The molecule has 0 spiro atoms. The van der Waals surface area contributed by atoms with E-state index in [0.29, 0.717) is 70.8 Å². The predicted octanol–water partition coefficient (Wildman–Crippen LogP) is 16.9. The second kappa shape index (κ2) is 28.9. The number of ketones is 1. The van der Waals surface area contributed by atoms with Crippen molar-refractivity contribution >= 4 is 11.8 Å². The highest BCUT2D eigenvalue weighted by atomic mass is 16.6. The first-order valence-corrected chi connectivity index (χ1v) is 28.1. The summed E-state index contributed by atoms with van der Waals surface area (Å²) in [4.78, 5) is 29.3. The third-order valence-electron chi connectivity index (χ3n) is 14.3. The summed E-state index contributed by atoms with van der Waals surface area (Å²) in [6.45, 7) is 4.83. The first-order chi connectivity index (χ1) is 38.9. The molecule has 0 aliphatic carbocycles. The number of carbonyl (C=O) groups is 2. The van der Waals surface area contributed by atoms with Gasteiger partial charge in [0.1, 0.15) is 73.1 Å². The molecule has 0 unspecified atom stereocenters. The maximum absolute atomic E-state index is 15.5. The van der Waals surface area contributed by atoms with Crippen LogP contribution in [0, 0.1) is 0 Å². The Balaban J connectivity index is 1.21. The average molecular weight is 1060 g/mol. The molecule has 9 rings (SSSR count). The molecule has 0 saturated carbocycles. The molecule has 0 bridgehead atoms. The van der Waals surface area contributed by atoms with Gasteiger partial charge in [0.15, 0.2) is 18.0 Å². The SMILES string of the molecule is CCCCCCCCCCCC(=O)c1c(OCc2ccccc2)cc(OCc2ccccc2)c([C@@H]2c3ccc(OCc4ccccc4)cc3O[C@H](c3ccc(OCc4ccccc4)cc3)[C@H]2OC(C)=O)c1OCc1ccccc1. The number of hydrogen-bond acceptors (Lipinski definition) is 9. The molecule has 1 heterocycles. The van der Waals surface area contributed by atoms with Crippen LogP contribution < -0.4 is 28.4 Å². The van der Waals surface area contributed by atoms with E-state index in [-0.39, 0.29) is 32.0 Å². The van der Waals surface area contributed by atoms with Gasteiger partial charge in [-0.05, 0) is 58.0 Å². The molecule has 9 nitrogen and oxygen atoms in total. The van der Waals surface area contributed by atoms with Crippen molar-refractivity contribution in [2.75, 3.05) is 0 Å². The van der Waals surface area contributed by atoms with E-state index in [2.05, 4.69) is 6.92 Å². The average Bonchev–Trinajstić information content (AvgIpc) is 3.60. The van der Waals surface area contributed by atoms with Crippen LogP contribution in [0.15, 0.2) is 200 Å². The number of fused-ring (bicyclic) bond motifs is 1. The van der Waals surface area contributed by atoms with E-state index in [1.54, 1.807) is 0 Å². The largest absolute Gasteiger partial charge is 0.489 e. The molecule has 1 aliphatic rings. The minimum Gasteiger partial charge on any atom is -0.489 e. The van der Waals surface area contributed by atoms with Crippen LogP contribution >= 0.6 is 0 Å². The van der Waals surface area contributed by atoms with Crippen LogP contribution in [-0.4, -0.2) is 17.9 Å². The Kier molecular flexibility index (Phi) is 20.3. The summed E-state index contributed by atoms with van der Waals surface area (Å²) in [6, 6.07) is 65.0. The molecular formula is C70H72O9. The van der Waals surface area contributed by atoms with Gasteiger partial charge >= 0.3 is 5.97 Å². The smallest absolute Gasteiger partial charge is 0.303 e. The van der Waals surface area contributed by atoms with Gasteiger partial charge in [0.25, 0.3) is 0 Å². The van der Waals surface area contributed by atoms with Gasteiger partial charge in [-0.15, -0.1) is 0 Å². The lowest BCUT2D eigenvalue weighted by Crippen LogP contribution is -2.39. The molecule has 0 N–H and O–H groups in total. The highest BCUT2D eigenvalue weighted by Crippen LogP contribution is 2.55. The second-order valence-electron chi connectivity index (χ2n) is 20.2. The summed E-state index contributed by atoms with van der Waals surface area (Å²) in [5.41, 5.74) is 7.04. The zero-order valence-electron chi connectivity index (χ0n) is 45.6. The van der Waals surface area contributed by atoms with Gasteiger partial charge in [-0.1, -0.05) is 228 Å². The number of benzene rings is 8. The van der Waals surface area contributed by atoms with E-state index >= 15 is 4.79 Å². The van der Waals surface area contributed by atoms with Gasteiger partial charge in [-0.2, -0.15) is 0 Å². The van der Waals surface area contributed by atoms with E-state index in [1.807, 2.05) is 200 Å². The summed E-state index contributed by atoms with van der Waals surface area (Å²) in [6.07, 6.45) is 8.33. The standard InChI is InChI=1S/C70H72O9/c1-3-4-5-6-7-8-9-10-26-37-61(72)66-63(75-48-54-31-20-13-21-32-54)45-64(76-49-55-33-22-14-23-34-55)67(69(66)77-50-56-35-24-15-25-36-56)65-60-43-42-59(74-47-53-29-18-12-19-30-53)44-62(60)79-68(70(65)78-51(2)71)57-38-40-58(41-39-57)73-46-52-27-16-11-17-28-52/h11-25,27-36,38-45,65,68,70H,3-10,26,37,46-50H2,1-2H3/t65-,68+,70-/m0/s1. The minimum atomic E-state index is -1.02. The van der Waals surface area contributed by atoms with Gasteiger partial charge in [-0.3, -0.25) is 9.59 Å². The fourth-order valence-electron chi connectivity index (χ4n) is 10.1. The van der Waals surface area contributed by atoms with Crippen molar-refractivity contribution in [3.05, 3.63) is 250 Å². The minimum absolute atomic E-state index is 0.112. The van der Waals surface area contributed by atoms with Gasteiger partial charge in [0.2, 0.25) is 0 Å². The third kappa shape index (κ3) is 15.7. The van der Waals surface area contributed by atoms with Crippen LogP contribution in [0.4, 0.5) is 0 Å². The molecule has 1 aliphatic heterocycles. The summed E-state index contributed by atoms with van der Waals surface area (Å²) in [7, 11) is 0. The molecular weight excluding hydrogens is 985 g/mol. The van der Waals surface area contributed by atoms with Gasteiger partial charge < -0.3 is 33.2 Å². The van der Waals surface area contributed by atoms with Gasteiger partial charge in [0, 0.05) is 36.6 Å². The fourth-order valence-corrected chi connectivity index (χ4v) is 10.1. The lowest BCUT2D eigenvalue weighted by molar-refractivity contribution is -0.153. The molecule has 79 heavy (non-hydrogen) atoms. The van der Waals surface area contributed by atoms with Crippen molar-refractivity contribution < 1.29 is 42.7 Å². The van der Waals surface area contributed by atoms with E-state index in [0.717, 1.165) is 52.6 Å². The highest BCUT2D eigenvalue weighted by molar-refractivity contribution is 6.02. The summed E-state index contributed by atoms with van der Waals surface area (Å²) < 4.78 is 47.5. The van der Waals surface area contributed by atoms with Gasteiger partial charge in [0.05, 0.1) is 5.92 Å². The van der Waals surface area contributed by atoms with Crippen LogP contribution in [0.1, 0.15) is 145 Å². The molecule has 8 aromatic carbocycles. The first-order valence-electron chi connectivity index (χ1n) is 28.1. The predicted molar refractivity (Wildman–Crippen MR) is 310 cm³/mol. The van der Waals surface area contributed by atoms with Gasteiger partial charge in [-0.25, -0.2) is 0 Å². The molecule has 8 aromatic rings. The number of unbranched alkanes of at least 4 members (excludes halogenated alkanes) is 8. The second-order valence-corrected chi connectivity index (χ2v) is 20.2. The zero-order chi connectivity index (χ0) is 54.4. The molecule has 9 heteroatoms. The number of rotatable bonds is 29. The van der Waals surface area contributed by atoms with Crippen LogP contribution in [0.3, 0.4) is 0 Å². The number of ether oxygens (including phenoxy) is 7. The quantitative estimate of drug-likeness (QED) is 0.0258. The molecule has 3 atom stereocenters. The fraction of sp³-hybridized carbons (Fsp3) is 0.286. The molecule has 0 saturated heterocycles. The Morgan fingerprint density at radius 2 is 0.899 bits per heavy atom. The Bertz CT molecular complexity index is 3130. The van der Waals surface area contributed by atoms with Crippen LogP contribution in [0.5, 0.6) is 34.5 Å². The maximum Gasteiger partial charge on any atom is 0.303 e. The lowest BCUT2D eigenvalue weighted by atomic mass is 9.78. The van der Waals surface area contributed by atoms with Crippen molar-refractivity contribution in [2.45, 2.75) is 129 Å². The van der Waals surface area contributed by atoms with Crippen LogP contribution in [0.2, 0.25) is 0 Å². The molecule has 0 radical (unpaired) electrons. The van der Waals surface area contributed by atoms with Crippen LogP contribution in [-0.2, 0) is 42.6 Å². The number of esters is 1. The molecule has 0 aromatic heterocycles. The normalized spacial score (nSPS) is 14.5. The highest BCUT2D eigenvalue weighted by Gasteiger charge is 2.46. The zero-order valence-corrected chi connectivity index (χ0v) is 45.6. The number of hydrogen-bond donors (Lipinski definition) is 0. The topological polar surface area (TPSA) is 98.8 Å². The Labute approximate surface area is 466 Å². The lowest BCUT2D eigenvalue weighted by Gasteiger charge is -2.40. The maximum atomic E-state index is 15.5. The summed E-state index contributed by atoms with van der Waals surface area (Å²) in [5.74, 6) is 1.31.